The molecule has 0 saturated carbocycles. The maximum atomic E-state index is 8.58. The molecule has 0 atom stereocenters. The Morgan fingerprint density at radius 1 is 1.53 bits per heavy atom. The molecule has 2 N–H and O–H groups in total. The van der Waals surface area contributed by atoms with Gasteiger partial charge in [0.2, 0.25) is 0 Å². The molecule has 5 nitrogen and oxygen atoms in total. The number of thioether (sulfide) groups is 1. The molecule has 86 valence electrons. The van der Waals surface area contributed by atoms with Gasteiger partial charge in [-0.1, -0.05) is 0 Å². The van der Waals surface area contributed by atoms with Crippen molar-refractivity contribution < 1.29 is 5.11 Å². The van der Waals surface area contributed by atoms with Crippen LogP contribution >= 0.6 is 11.8 Å². The van der Waals surface area contributed by atoms with Gasteiger partial charge in [0.05, 0.1) is 6.54 Å². The van der Waals surface area contributed by atoms with Crippen LogP contribution in [0.2, 0.25) is 0 Å². The Morgan fingerprint density at radius 3 is 3.07 bits per heavy atom. The maximum Gasteiger partial charge on any atom is 0.146 e. The summed E-state index contributed by atoms with van der Waals surface area (Å²) in [6.45, 7) is 2.01. The number of nitrogens with one attached hydrogen (secondary N) is 1. The SMILES string of the molecule is Cn1cnnc1CNCCSCCCO. The average Bonchev–Trinajstić information content (AvgIpc) is 2.63. The zero-order chi connectivity index (χ0) is 10.9. The Bertz CT molecular complexity index is 266. The van der Waals surface area contributed by atoms with E-state index in [1.165, 1.54) is 0 Å². The van der Waals surface area contributed by atoms with Crippen LogP contribution in [-0.4, -0.2) is 44.5 Å². The first-order valence-electron chi connectivity index (χ1n) is 5.07. The van der Waals surface area contributed by atoms with Crippen LogP contribution in [-0.2, 0) is 13.6 Å². The molecule has 15 heavy (non-hydrogen) atoms. The molecule has 1 heterocycles. The van der Waals surface area contributed by atoms with Crippen LogP contribution in [0.5, 0.6) is 0 Å². The first kappa shape index (κ1) is 12.5. The summed E-state index contributed by atoms with van der Waals surface area (Å²) in [7, 11) is 1.94. The van der Waals surface area contributed by atoms with E-state index in [4.69, 9.17) is 5.11 Å². The molecule has 0 saturated heterocycles. The molecule has 0 spiro atoms. The van der Waals surface area contributed by atoms with E-state index in [0.717, 1.165) is 36.8 Å². The van der Waals surface area contributed by atoms with Gasteiger partial charge < -0.3 is 15.0 Å². The summed E-state index contributed by atoms with van der Waals surface area (Å²) in [5.41, 5.74) is 0. The summed E-state index contributed by atoms with van der Waals surface area (Å²) in [5.74, 6) is 3.05. The van der Waals surface area contributed by atoms with Crippen molar-refractivity contribution in [2.75, 3.05) is 24.7 Å². The van der Waals surface area contributed by atoms with Gasteiger partial charge in [-0.2, -0.15) is 11.8 Å². The van der Waals surface area contributed by atoms with Crippen molar-refractivity contribution in [3.05, 3.63) is 12.2 Å². The highest BCUT2D eigenvalue weighted by molar-refractivity contribution is 7.99. The van der Waals surface area contributed by atoms with Crippen molar-refractivity contribution in [2.45, 2.75) is 13.0 Å². The molecule has 0 amide bonds. The Morgan fingerprint density at radius 2 is 2.40 bits per heavy atom. The van der Waals surface area contributed by atoms with Crippen LogP contribution in [0, 0.1) is 0 Å². The van der Waals surface area contributed by atoms with Crippen molar-refractivity contribution in [2.24, 2.45) is 7.05 Å². The molecular formula is C9H18N4OS. The molecule has 0 aliphatic rings. The Labute approximate surface area is 94.3 Å². The summed E-state index contributed by atoms with van der Waals surface area (Å²) in [6, 6.07) is 0. The van der Waals surface area contributed by atoms with Crippen molar-refractivity contribution >= 4 is 11.8 Å². The number of aliphatic hydroxyl groups is 1. The predicted octanol–water partition coefficient (Wildman–Crippen LogP) is 0.0203. The number of aryl methyl sites for hydroxylation is 1. The molecule has 0 bridgehead atoms. The van der Waals surface area contributed by atoms with Gasteiger partial charge in [-0.05, 0) is 12.2 Å². The summed E-state index contributed by atoms with van der Waals surface area (Å²) in [5, 5.41) is 19.7. The third kappa shape index (κ3) is 5.15. The zero-order valence-electron chi connectivity index (χ0n) is 9.02. The minimum atomic E-state index is 0.291. The fourth-order valence-corrected chi connectivity index (χ4v) is 1.91. The molecule has 6 heteroatoms. The van der Waals surface area contributed by atoms with E-state index in [9.17, 15) is 0 Å². The molecule has 0 aliphatic heterocycles. The quantitative estimate of drug-likeness (QED) is 0.617. The van der Waals surface area contributed by atoms with Crippen LogP contribution < -0.4 is 5.32 Å². The van der Waals surface area contributed by atoms with Gasteiger partial charge in [0.25, 0.3) is 0 Å². The third-order valence-corrected chi connectivity index (χ3v) is 3.03. The summed E-state index contributed by atoms with van der Waals surface area (Å²) < 4.78 is 1.91. The van der Waals surface area contributed by atoms with E-state index in [1.807, 2.05) is 23.4 Å². The second-order valence-corrected chi connectivity index (χ2v) is 4.45. The van der Waals surface area contributed by atoms with Gasteiger partial charge in [-0.25, -0.2) is 0 Å². The molecule has 0 aromatic carbocycles. The van der Waals surface area contributed by atoms with E-state index in [-0.39, 0.29) is 0 Å². The molecule has 0 unspecified atom stereocenters. The summed E-state index contributed by atoms with van der Waals surface area (Å²) >= 11 is 1.85. The van der Waals surface area contributed by atoms with Crippen LogP contribution in [0.4, 0.5) is 0 Å². The largest absolute Gasteiger partial charge is 0.396 e. The fourth-order valence-electron chi connectivity index (χ4n) is 1.08. The number of nitrogens with zero attached hydrogens (tertiary/aromatic N) is 3. The topological polar surface area (TPSA) is 63.0 Å². The average molecular weight is 230 g/mol. The van der Waals surface area contributed by atoms with E-state index in [0.29, 0.717) is 6.61 Å². The second-order valence-electron chi connectivity index (χ2n) is 3.22. The normalized spacial score (nSPS) is 10.8. The minimum absolute atomic E-state index is 0.291. The highest BCUT2D eigenvalue weighted by Gasteiger charge is 1.98. The zero-order valence-corrected chi connectivity index (χ0v) is 9.83. The summed E-state index contributed by atoms with van der Waals surface area (Å²) in [4.78, 5) is 0. The van der Waals surface area contributed by atoms with Gasteiger partial charge in [0.1, 0.15) is 12.2 Å². The maximum absolute atomic E-state index is 8.58. The monoisotopic (exact) mass is 230 g/mol. The van der Waals surface area contributed by atoms with Crippen LogP contribution in [0.3, 0.4) is 0 Å². The third-order valence-electron chi connectivity index (χ3n) is 1.96. The molecule has 0 fully saturated rings. The standard InChI is InChI=1S/C9H18N4OS/c1-13-8-11-12-9(13)7-10-3-6-15-5-2-4-14/h8,10,14H,2-7H2,1H3. The molecule has 1 rings (SSSR count). The van der Waals surface area contributed by atoms with Crippen LogP contribution in [0.1, 0.15) is 12.2 Å². The van der Waals surface area contributed by atoms with E-state index in [1.54, 1.807) is 6.33 Å². The first-order valence-corrected chi connectivity index (χ1v) is 6.22. The Kier molecular flexibility index (Phi) is 6.38. The number of hydrogen-bond acceptors (Lipinski definition) is 5. The predicted molar refractivity (Wildman–Crippen MR) is 61.7 cm³/mol. The molecule has 1 aromatic rings. The highest BCUT2D eigenvalue weighted by Crippen LogP contribution is 2.00. The number of hydrogen-bond donors (Lipinski definition) is 2. The van der Waals surface area contributed by atoms with Crippen molar-refractivity contribution in [3.63, 3.8) is 0 Å². The molecule has 0 aliphatic carbocycles. The van der Waals surface area contributed by atoms with Crippen LogP contribution in [0.25, 0.3) is 0 Å². The smallest absolute Gasteiger partial charge is 0.146 e. The first-order chi connectivity index (χ1) is 7.34. The molecular weight excluding hydrogens is 212 g/mol. The van der Waals surface area contributed by atoms with E-state index >= 15 is 0 Å². The lowest BCUT2D eigenvalue weighted by atomic mass is 10.5. The minimum Gasteiger partial charge on any atom is -0.396 e. The fraction of sp³-hybridized carbons (Fsp3) is 0.778. The van der Waals surface area contributed by atoms with Crippen molar-refractivity contribution in [1.29, 1.82) is 0 Å². The molecule has 0 radical (unpaired) electrons. The number of rotatable bonds is 8. The number of aromatic nitrogens is 3. The lowest BCUT2D eigenvalue weighted by Crippen LogP contribution is -2.19. The van der Waals surface area contributed by atoms with Crippen molar-refractivity contribution in [1.82, 2.24) is 20.1 Å². The lowest BCUT2D eigenvalue weighted by molar-refractivity contribution is 0.296. The van der Waals surface area contributed by atoms with Gasteiger partial charge in [-0.15, -0.1) is 10.2 Å². The van der Waals surface area contributed by atoms with Gasteiger partial charge in [0, 0.05) is 26.0 Å². The lowest BCUT2D eigenvalue weighted by Gasteiger charge is -2.03. The van der Waals surface area contributed by atoms with Gasteiger partial charge >= 0.3 is 0 Å². The van der Waals surface area contributed by atoms with Crippen molar-refractivity contribution in [3.8, 4) is 0 Å². The van der Waals surface area contributed by atoms with Gasteiger partial charge in [-0.3, -0.25) is 0 Å². The Balaban J connectivity index is 1.96. The second kappa shape index (κ2) is 7.67. The Hall–Kier alpha value is -0.590. The molecule has 1 aromatic heterocycles. The summed E-state index contributed by atoms with van der Waals surface area (Å²) in [6.07, 6.45) is 2.58. The number of aliphatic hydroxyl groups excluding tert-OH is 1. The highest BCUT2D eigenvalue weighted by atomic mass is 32.2. The van der Waals surface area contributed by atoms with E-state index in [2.05, 4.69) is 15.5 Å². The van der Waals surface area contributed by atoms with Gasteiger partial charge in [0.15, 0.2) is 0 Å². The van der Waals surface area contributed by atoms with Crippen LogP contribution in [0.15, 0.2) is 6.33 Å². The van der Waals surface area contributed by atoms with E-state index < -0.39 is 0 Å².